The summed E-state index contributed by atoms with van der Waals surface area (Å²) in [6.45, 7) is 3.74. The number of rotatable bonds is 5. The van der Waals surface area contributed by atoms with E-state index in [1.807, 2.05) is 0 Å². The van der Waals surface area contributed by atoms with Crippen LogP contribution in [0.3, 0.4) is 0 Å². The molecule has 0 amide bonds. The van der Waals surface area contributed by atoms with Gasteiger partial charge in [-0.25, -0.2) is 0 Å². The van der Waals surface area contributed by atoms with Gasteiger partial charge in [0.15, 0.2) is 4.77 Å². The molecule has 0 aromatic heterocycles. The minimum absolute atomic E-state index is 0.203. The number of hydrogen-bond donors (Lipinski definition) is 0. The average Bonchev–Trinajstić information content (AvgIpc) is 2.03. The Morgan fingerprint density at radius 1 is 1.15 bits per heavy atom. The molecule has 13 heavy (non-hydrogen) atoms. The molecule has 0 heterocycles. The van der Waals surface area contributed by atoms with Crippen LogP contribution in [-0.2, 0) is 13.6 Å². The molecule has 0 N–H and O–H groups in total. The van der Waals surface area contributed by atoms with Crippen molar-refractivity contribution < 1.29 is 13.6 Å². The summed E-state index contributed by atoms with van der Waals surface area (Å²) in [5.74, 6) is 0. The van der Waals surface area contributed by atoms with Crippen molar-refractivity contribution in [1.82, 2.24) is 0 Å². The molecule has 0 spiro atoms. The van der Waals surface area contributed by atoms with E-state index in [1.165, 1.54) is 0 Å². The largest absolute Gasteiger partial charge is 0.375 e. The maximum absolute atomic E-state index is 11.8. The molecule has 0 unspecified atom stereocenters. The van der Waals surface area contributed by atoms with Crippen LogP contribution in [0.5, 0.6) is 0 Å². The van der Waals surface area contributed by atoms with E-state index in [2.05, 4.69) is 0 Å². The Morgan fingerprint density at radius 3 is 1.77 bits per heavy atom. The lowest BCUT2D eigenvalue weighted by atomic mass is 10.9. The second-order valence-electron chi connectivity index (χ2n) is 1.88. The highest BCUT2D eigenvalue weighted by Gasteiger charge is 2.30. The highest BCUT2D eigenvalue weighted by atomic mass is 35.5. The molecule has 7 heteroatoms. The van der Waals surface area contributed by atoms with Gasteiger partial charge in [0, 0.05) is 0 Å². The van der Waals surface area contributed by atoms with Crippen LogP contribution in [0, 0.1) is 0 Å². The molecule has 0 aliphatic rings. The summed E-state index contributed by atoms with van der Waals surface area (Å²) in [6.07, 6.45) is 0. The first kappa shape index (κ1) is 13.8. The van der Waals surface area contributed by atoms with Gasteiger partial charge in [-0.3, -0.25) is 4.57 Å². The monoisotopic (exact) mass is 266 g/mol. The molecule has 0 aromatic rings. The first-order valence-corrected chi connectivity index (χ1v) is 6.26. The Kier molecular flexibility index (Phi) is 6.65. The fourth-order valence-corrected chi connectivity index (χ4v) is 2.70. The molecule has 0 aromatic carbocycles. The van der Waals surface area contributed by atoms with Crippen LogP contribution in [0.4, 0.5) is 0 Å². The summed E-state index contributed by atoms with van der Waals surface area (Å²) in [5.41, 5.74) is 0. The summed E-state index contributed by atoms with van der Waals surface area (Å²) in [7, 11) is -3.49. The fraction of sp³-hybridized carbons (Fsp3) is 0.667. The predicted octanol–water partition coefficient (Wildman–Crippen LogP) is 4.10. The molecule has 0 fully saturated rings. The second-order valence-corrected chi connectivity index (χ2v) is 5.43. The van der Waals surface area contributed by atoms with Gasteiger partial charge < -0.3 is 9.05 Å². The normalized spacial score (nSPS) is 11.5. The summed E-state index contributed by atoms with van der Waals surface area (Å²) < 4.78 is 20.9. The molecule has 0 saturated carbocycles. The molecule has 0 saturated heterocycles. The van der Waals surface area contributed by atoms with Gasteiger partial charge in [0.25, 0.3) is 0 Å². The van der Waals surface area contributed by atoms with Crippen molar-refractivity contribution in [2.45, 2.75) is 13.8 Å². The fourth-order valence-electron chi connectivity index (χ4n) is 0.594. The molecule has 78 valence electrons. The van der Waals surface area contributed by atoms with E-state index in [0.29, 0.717) is 0 Å². The first-order chi connectivity index (χ1) is 5.98. The molecule has 0 atom stereocenters. The van der Waals surface area contributed by atoms with Gasteiger partial charge >= 0.3 is 7.60 Å². The zero-order valence-corrected chi connectivity index (χ0v) is 10.4. The van der Waals surface area contributed by atoms with Crippen molar-refractivity contribution in [2.75, 3.05) is 13.2 Å². The lowest BCUT2D eigenvalue weighted by Gasteiger charge is -2.15. The van der Waals surface area contributed by atoms with Gasteiger partial charge in [-0.15, -0.1) is 0 Å². The molecule has 3 nitrogen and oxygen atoms in total. The van der Waals surface area contributed by atoms with E-state index in [-0.39, 0.29) is 22.5 Å². The van der Waals surface area contributed by atoms with Gasteiger partial charge in [-0.2, -0.15) is 0 Å². The van der Waals surface area contributed by atoms with Crippen molar-refractivity contribution in [1.29, 1.82) is 0 Å². The highest BCUT2D eigenvalue weighted by molar-refractivity contribution is 7.61. The SMILES string of the molecule is CCOP(=O)(OCC)C(Cl)=C(Cl)Cl. The standard InChI is InChI=1S/C6H10Cl3O3P/c1-3-11-13(10,12-4-2)6(9)5(7)8/h3-4H2,1-2H3. The van der Waals surface area contributed by atoms with Crippen molar-refractivity contribution in [3.8, 4) is 0 Å². The van der Waals surface area contributed by atoms with Crippen LogP contribution in [0.1, 0.15) is 13.8 Å². The topological polar surface area (TPSA) is 35.5 Å². The summed E-state index contributed by atoms with van der Waals surface area (Å²) in [5, 5.41) is 0. The van der Waals surface area contributed by atoms with E-state index in [0.717, 1.165) is 0 Å². The average molecular weight is 267 g/mol. The molecule has 0 rings (SSSR count). The van der Waals surface area contributed by atoms with Gasteiger partial charge in [0.05, 0.1) is 13.2 Å². The zero-order valence-electron chi connectivity index (χ0n) is 7.22. The third-order valence-electron chi connectivity index (χ3n) is 0.995. The van der Waals surface area contributed by atoms with Gasteiger partial charge in [0.1, 0.15) is 4.49 Å². The van der Waals surface area contributed by atoms with Crippen LogP contribution < -0.4 is 0 Å². The highest BCUT2D eigenvalue weighted by Crippen LogP contribution is 2.59. The van der Waals surface area contributed by atoms with Crippen LogP contribution in [0.25, 0.3) is 0 Å². The van der Waals surface area contributed by atoms with Crippen LogP contribution in [-0.4, -0.2) is 13.2 Å². The maximum Gasteiger partial charge on any atom is 0.375 e. The molecular weight excluding hydrogens is 257 g/mol. The minimum atomic E-state index is -3.49. The van der Waals surface area contributed by atoms with Crippen molar-refractivity contribution in [3.05, 3.63) is 9.26 Å². The van der Waals surface area contributed by atoms with Crippen molar-refractivity contribution >= 4 is 42.4 Å². The van der Waals surface area contributed by atoms with Gasteiger partial charge in [-0.1, -0.05) is 34.8 Å². The maximum atomic E-state index is 11.8. The Hall–Kier alpha value is 0.760. The molecule has 0 bridgehead atoms. The summed E-state index contributed by atoms with van der Waals surface area (Å²) >= 11 is 16.3. The Bertz CT molecular complexity index is 227. The lowest BCUT2D eigenvalue weighted by Crippen LogP contribution is -1.95. The first-order valence-electron chi connectivity index (χ1n) is 3.58. The number of halogens is 3. The third-order valence-corrected chi connectivity index (χ3v) is 4.54. The van der Waals surface area contributed by atoms with Gasteiger partial charge in [-0.05, 0) is 13.8 Å². The second kappa shape index (κ2) is 6.28. The van der Waals surface area contributed by atoms with Gasteiger partial charge in [0.2, 0.25) is 0 Å². The van der Waals surface area contributed by atoms with E-state index in [4.69, 9.17) is 43.9 Å². The Morgan fingerprint density at radius 2 is 1.54 bits per heavy atom. The van der Waals surface area contributed by atoms with E-state index < -0.39 is 7.60 Å². The van der Waals surface area contributed by atoms with E-state index >= 15 is 0 Å². The van der Waals surface area contributed by atoms with E-state index in [9.17, 15) is 4.57 Å². The molecule has 0 aliphatic heterocycles. The van der Waals surface area contributed by atoms with E-state index in [1.54, 1.807) is 13.8 Å². The minimum Gasteiger partial charge on any atom is -0.305 e. The van der Waals surface area contributed by atoms with Crippen molar-refractivity contribution in [3.63, 3.8) is 0 Å². The number of hydrogen-bond acceptors (Lipinski definition) is 3. The summed E-state index contributed by atoms with van der Waals surface area (Å²) in [6, 6.07) is 0. The molecular formula is C6H10Cl3O3P. The van der Waals surface area contributed by atoms with Crippen molar-refractivity contribution in [2.24, 2.45) is 0 Å². The predicted molar refractivity (Wildman–Crippen MR) is 55.4 cm³/mol. The lowest BCUT2D eigenvalue weighted by molar-refractivity contribution is 0.228. The molecule has 0 radical (unpaired) electrons. The summed E-state index contributed by atoms with van der Waals surface area (Å²) in [4.78, 5) is 0. The van der Waals surface area contributed by atoms with Crippen LogP contribution in [0.15, 0.2) is 9.26 Å². The zero-order chi connectivity index (χ0) is 10.5. The quantitative estimate of drug-likeness (QED) is 0.704. The Balaban J connectivity index is 4.79. The smallest absolute Gasteiger partial charge is 0.305 e. The Labute approximate surface area is 92.5 Å². The van der Waals surface area contributed by atoms with Crippen LogP contribution in [0.2, 0.25) is 0 Å². The molecule has 0 aliphatic carbocycles. The van der Waals surface area contributed by atoms with Crippen LogP contribution >= 0.6 is 42.4 Å². The third kappa shape index (κ3) is 4.20.